The first-order chi connectivity index (χ1) is 15.2. The van der Waals surface area contributed by atoms with Gasteiger partial charge >= 0.3 is 11.7 Å². The van der Waals surface area contributed by atoms with Crippen molar-refractivity contribution in [3.05, 3.63) is 75.1 Å². The Morgan fingerprint density at radius 2 is 1.90 bits per heavy atom. The number of benzene rings is 2. The van der Waals surface area contributed by atoms with Crippen LogP contribution in [0.3, 0.4) is 0 Å². The van der Waals surface area contributed by atoms with Crippen LogP contribution in [-0.2, 0) is 30.6 Å². The maximum Gasteiger partial charge on any atom is 0.407 e. The minimum absolute atomic E-state index is 0.233. The average molecular weight is 418 g/mol. The first kappa shape index (κ1) is 19.7. The third-order valence-electron chi connectivity index (χ3n) is 6.19. The molecule has 0 saturated carbocycles. The molecule has 0 bridgehead atoms. The number of ether oxygens (including phenoxy) is 1. The summed E-state index contributed by atoms with van der Waals surface area (Å²) in [5.74, 6) is 0. The summed E-state index contributed by atoms with van der Waals surface area (Å²) in [4.78, 5) is 26.8. The zero-order valence-electron chi connectivity index (χ0n) is 17.5. The summed E-state index contributed by atoms with van der Waals surface area (Å²) in [6.45, 7) is 2.77. The van der Waals surface area contributed by atoms with Crippen LogP contribution >= 0.6 is 0 Å². The lowest BCUT2D eigenvalue weighted by Crippen LogP contribution is -2.34. The molecule has 31 heavy (non-hydrogen) atoms. The van der Waals surface area contributed by atoms with E-state index < -0.39 is 6.09 Å². The van der Waals surface area contributed by atoms with Gasteiger partial charge in [-0.15, -0.1) is 0 Å². The molecule has 1 amide bonds. The van der Waals surface area contributed by atoms with Gasteiger partial charge in [0.15, 0.2) is 0 Å². The third-order valence-corrected chi connectivity index (χ3v) is 6.19. The van der Waals surface area contributed by atoms with Crippen molar-refractivity contribution in [2.75, 3.05) is 24.5 Å². The maximum atomic E-state index is 12.3. The van der Waals surface area contributed by atoms with Crippen LogP contribution in [0.1, 0.15) is 35.1 Å². The van der Waals surface area contributed by atoms with Crippen molar-refractivity contribution < 1.29 is 13.9 Å². The molecule has 160 valence electrons. The molecule has 1 N–H and O–H groups in total. The normalized spacial score (nSPS) is 14.9. The lowest BCUT2D eigenvalue weighted by Gasteiger charge is -2.37. The quantitative estimate of drug-likeness (QED) is 0.635. The second-order valence-corrected chi connectivity index (χ2v) is 8.26. The van der Waals surface area contributed by atoms with Crippen molar-refractivity contribution in [1.29, 1.82) is 0 Å². The Labute approximate surface area is 180 Å². The molecule has 2 aliphatic heterocycles. The molecule has 5 rings (SSSR count). The molecule has 6 nitrogen and oxygen atoms in total. The van der Waals surface area contributed by atoms with Crippen LogP contribution in [0, 0.1) is 0 Å². The first-order valence-corrected chi connectivity index (χ1v) is 11.0. The van der Waals surface area contributed by atoms with Gasteiger partial charge in [0.2, 0.25) is 0 Å². The van der Waals surface area contributed by atoms with Gasteiger partial charge in [0, 0.05) is 42.3 Å². The topological polar surface area (TPSA) is 71.8 Å². The minimum Gasteiger partial charge on any atom is -0.445 e. The zero-order chi connectivity index (χ0) is 21.2. The summed E-state index contributed by atoms with van der Waals surface area (Å²) in [5, 5.41) is 3.79. The van der Waals surface area contributed by atoms with Crippen LogP contribution in [0.2, 0.25) is 0 Å². The second-order valence-electron chi connectivity index (χ2n) is 8.26. The highest BCUT2D eigenvalue weighted by atomic mass is 16.5. The number of alkyl carbamates (subject to hydrolysis) is 1. The summed E-state index contributed by atoms with van der Waals surface area (Å²) in [5.41, 5.74) is 6.05. The lowest BCUT2D eigenvalue weighted by molar-refractivity contribution is 0.140. The van der Waals surface area contributed by atoms with Crippen molar-refractivity contribution in [3.63, 3.8) is 0 Å². The van der Waals surface area contributed by atoms with E-state index in [9.17, 15) is 9.59 Å². The van der Waals surface area contributed by atoms with Crippen molar-refractivity contribution >= 4 is 22.7 Å². The summed E-state index contributed by atoms with van der Waals surface area (Å²) in [6.07, 6.45) is 4.31. The molecule has 2 aromatic carbocycles. The van der Waals surface area contributed by atoms with E-state index in [2.05, 4.69) is 16.3 Å². The number of carbonyl (C=O) groups excluding carboxylic acids is 1. The molecule has 0 atom stereocenters. The van der Waals surface area contributed by atoms with E-state index in [-0.39, 0.29) is 12.2 Å². The second kappa shape index (κ2) is 8.46. The summed E-state index contributed by atoms with van der Waals surface area (Å²) in [7, 11) is 0. The predicted molar refractivity (Wildman–Crippen MR) is 120 cm³/mol. The number of fused-ring (bicyclic) bond motifs is 2. The molecule has 0 unspecified atom stereocenters. The van der Waals surface area contributed by atoms with Gasteiger partial charge in [0.25, 0.3) is 0 Å². The van der Waals surface area contributed by atoms with Crippen molar-refractivity contribution in [3.8, 4) is 0 Å². The highest BCUT2D eigenvalue weighted by Crippen LogP contribution is 2.40. The molecule has 0 aliphatic carbocycles. The smallest absolute Gasteiger partial charge is 0.407 e. The highest BCUT2D eigenvalue weighted by molar-refractivity contribution is 5.90. The fourth-order valence-electron chi connectivity index (χ4n) is 4.82. The minimum atomic E-state index is -0.459. The standard InChI is InChI=1S/C25H26N2O4/c28-22-15-18(10-11-26-25(29)30-16-17-6-2-1-3-7-17)21-14-19-8-4-12-27-13-5-9-20(23(19)27)24(21)31-22/h1-3,6-7,14-15H,4-5,8-13,16H2,(H,26,29). The van der Waals surface area contributed by atoms with Crippen molar-refractivity contribution in [2.24, 2.45) is 0 Å². The van der Waals surface area contributed by atoms with Gasteiger partial charge in [-0.3, -0.25) is 0 Å². The Balaban J connectivity index is 1.33. The molecule has 1 aromatic heterocycles. The SMILES string of the molecule is O=C(NCCc1cc(=O)oc2c3c4c(cc12)CCCN4CCC3)OCc1ccccc1. The van der Waals surface area contributed by atoms with Crippen LogP contribution in [0.5, 0.6) is 0 Å². The van der Waals surface area contributed by atoms with E-state index in [4.69, 9.17) is 9.15 Å². The van der Waals surface area contributed by atoms with Crippen molar-refractivity contribution in [2.45, 2.75) is 38.7 Å². The Bertz CT molecular complexity index is 1170. The Hall–Kier alpha value is -3.28. The van der Waals surface area contributed by atoms with E-state index in [1.807, 2.05) is 30.3 Å². The molecule has 3 heterocycles. The lowest BCUT2D eigenvalue weighted by atomic mass is 9.89. The molecule has 0 radical (unpaired) electrons. The number of nitrogens with one attached hydrogen (secondary N) is 1. The summed E-state index contributed by atoms with van der Waals surface area (Å²) < 4.78 is 11.0. The van der Waals surface area contributed by atoms with Gasteiger partial charge in [0.1, 0.15) is 12.2 Å². The van der Waals surface area contributed by atoms with Gasteiger partial charge in [0.05, 0.1) is 0 Å². The van der Waals surface area contributed by atoms with E-state index >= 15 is 0 Å². The van der Waals surface area contributed by atoms with Crippen LogP contribution in [0.25, 0.3) is 11.0 Å². The number of rotatable bonds is 5. The predicted octanol–water partition coefficient (Wildman–Crippen LogP) is 3.96. The zero-order valence-corrected chi connectivity index (χ0v) is 17.5. The fraction of sp³-hybridized carbons (Fsp3) is 0.360. The first-order valence-electron chi connectivity index (χ1n) is 11.0. The number of amides is 1. The van der Waals surface area contributed by atoms with Crippen molar-refractivity contribution in [1.82, 2.24) is 5.32 Å². The summed E-state index contributed by atoms with van der Waals surface area (Å²) in [6, 6.07) is 13.3. The Morgan fingerprint density at radius 3 is 2.74 bits per heavy atom. The molecule has 0 spiro atoms. The number of nitrogens with zero attached hydrogens (tertiary/aromatic N) is 1. The molecule has 6 heteroatoms. The van der Waals surface area contributed by atoms with Crippen LogP contribution in [-0.4, -0.2) is 25.7 Å². The largest absolute Gasteiger partial charge is 0.445 e. The van der Waals surface area contributed by atoms with Gasteiger partial charge < -0.3 is 19.4 Å². The number of hydrogen-bond donors (Lipinski definition) is 1. The number of anilines is 1. The molecule has 0 fully saturated rings. The van der Waals surface area contributed by atoms with E-state index in [1.165, 1.54) is 16.8 Å². The average Bonchev–Trinajstić information content (AvgIpc) is 2.79. The molecular weight excluding hydrogens is 392 g/mol. The highest BCUT2D eigenvalue weighted by Gasteiger charge is 2.27. The third kappa shape index (κ3) is 4.02. The number of aryl methyl sites for hydroxylation is 2. The molecule has 3 aromatic rings. The van der Waals surface area contributed by atoms with E-state index in [1.54, 1.807) is 6.07 Å². The summed E-state index contributed by atoms with van der Waals surface area (Å²) >= 11 is 0. The van der Waals surface area contributed by atoms with Crippen LogP contribution < -0.4 is 15.8 Å². The van der Waals surface area contributed by atoms with Crippen LogP contribution in [0.4, 0.5) is 10.5 Å². The van der Waals surface area contributed by atoms with Gasteiger partial charge in [-0.1, -0.05) is 30.3 Å². The van der Waals surface area contributed by atoms with Gasteiger partial charge in [-0.05, 0) is 54.9 Å². The van der Waals surface area contributed by atoms with Crippen LogP contribution in [0.15, 0.2) is 51.7 Å². The van der Waals surface area contributed by atoms with E-state index in [0.29, 0.717) is 13.0 Å². The monoisotopic (exact) mass is 418 g/mol. The van der Waals surface area contributed by atoms with Gasteiger partial charge in [-0.2, -0.15) is 0 Å². The Morgan fingerprint density at radius 1 is 1.10 bits per heavy atom. The fourth-order valence-corrected chi connectivity index (χ4v) is 4.82. The number of carbonyl (C=O) groups is 1. The molecular formula is C25H26N2O4. The maximum absolute atomic E-state index is 12.3. The molecule has 0 saturated heterocycles. The van der Waals surface area contributed by atoms with Gasteiger partial charge in [-0.25, -0.2) is 9.59 Å². The molecule has 2 aliphatic rings. The Kier molecular flexibility index (Phi) is 5.37. The number of hydrogen-bond acceptors (Lipinski definition) is 5. The van der Waals surface area contributed by atoms with E-state index in [0.717, 1.165) is 60.9 Å².